The van der Waals surface area contributed by atoms with Crippen molar-refractivity contribution < 1.29 is 14.0 Å². The van der Waals surface area contributed by atoms with Crippen molar-refractivity contribution in [2.75, 3.05) is 10.6 Å². The molecule has 9 heteroatoms. The molecule has 2 aromatic heterocycles. The molecule has 0 fully saturated rings. The van der Waals surface area contributed by atoms with Crippen LogP contribution in [0.1, 0.15) is 23.1 Å². The highest BCUT2D eigenvalue weighted by Crippen LogP contribution is 2.23. The van der Waals surface area contributed by atoms with Crippen LogP contribution in [0, 0.1) is 12.7 Å². The van der Waals surface area contributed by atoms with E-state index < -0.39 is 11.7 Å². The molecule has 0 spiro atoms. The third-order valence-corrected chi connectivity index (χ3v) is 4.37. The molecule has 0 aliphatic heterocycles. The number of carbonyl (C=O) groups is 2. The summed E-state index contributed by atoms with van der Waals surface area (Å²) in [4.78, 5) is 28.1. The van der Waals surface area contributed by atoms with Crippen molar-refractivity contribution in [2.24, 2.45) is 0 Å². The lowest BCUT2D eigenvalue weighted by molar-refractivity contribution is -0.114. The van der Waals surface area contributed by atoms with Crippen LogP contribution < -0.4 is 10.6 Å². The van der Waals surface area contributed by atoms with Gasteiger partial charge in [-0.2, -0.15) is 0 Å². The van der Waals surface area contributed by atoms with Gasteiger partial charge in [0.1, 0.15) is 11.6 Å². The molecule has 0 aliphatic carbocycles. The number of halogens is 1. The van der Waals surface area contributed by atoms with E-state index in [1.54, 1.807) is 54.0 Å². The number of aromatic nitrogens is 4. The van der Waals surface area contributed by atoms with Gasteiger partial charge in [0.2, 0.25) is 5.91 Å². The van der Waals surface area contributed by atoms with Crippen molar-refractivity contribution in [3.8, 4) is 11.1 Å². The van der Waals surface area contributed by atoms with Crippen molar-refractivity contribution in [1.29, 1.82) is 0 Å². The molecule has 0 bridgehead atoms. The number of aryl methyl sites for hydroxylation is 1. The van der Waals surface area contributed by atoms with Gasteiger partial charge in [0.25, 0.3) is 11.7 Å². The Balaban J connectivity index is 1.63. The molecule has 2 N–H and O–H groups in total. The zero-order chi connectivity index (χ0) is 21.3. The van der Waals surface area contributed by atoms with E-state index in [-0.39, 0.29) is 11.5 Å². The lowest BCUT2D eigenvalue weighted by Gasteiger charge is -2.10. The Morgan fingerprint density at radius 3 is 2.53 bits per heavy atom. The number of anilines is 2. The summed E-state index contributed by atoms with van der Waals surface area (Å²) in [6.07, 6.45) is 3.29. The minimum Gasteiger partial charge on any atom is -0.326 e. The molecule has 2 aromatic carbocycles. The largest absolute Gasteiger partial charge is 0.326 e. The molecule has 150 valence electrons. The number of nitrogens with zero attached hydrogens (tertiary/aromatic N) is 4. The molecular formula is C21H17FN6O2. The molecule has 8 nitrogen and oxygen atoms in total. The first-order valence-electron chi connectivity index (χ1n) is 9.06. The van der Waals surface area contributed by atoms with E-state index >= 15 is 0 Å². The molecule has 30 heavy (non-hydrogen) atoms. The summed E-state index contributed by atoms with van der Waals surface area (Å²) in [6.45, 7) is 3.18. The van der Waals surface area contributed by atoms with Gasteiger partial charge in [-0.15, -0.1) is 10.2 Å². The van der Waals surface area contributed by atoms with Crippen LogP contribution in [0.4, 0.5) is 15.8 Å². The molecule has 4 aromatic rings. The van der Waals surface area contributed by atoms with Crippen molar-refractivity contribution in [2.45, 2.75) is 13.8 Å². The zero-order valence-corrected chi connectivity index (χ0v) is 16.2. The fourth-order valence-electron chi connectivity index (χ4n) is 3.01. The monoisotopic (exact) mass is 404 g/mol. The third kappa shape index (κ3) is 4.00. The first-order chi connectivity index (χ1) is 14.4. The third-order valence-electron chi connectivity index (χ3n) is 4.37. The Kier molecular flexibility index (Phi) is 4.93. The Hall–Kier alpha value is -4.14. The fourth-order valence-corrected chi connectivity index (χ4v) is 3.01. The average molecular weight is 404 g/mol. The Bertz CT molecular complexity index is 1280. The zero-order valence-electron chi connectivity index (χ0n) is 16.2. The number of carbonyl (C=O) groups excluding carboxylic acids is 2. The number of amides is 2. The molecule has 0 aliphatic rings. The van der Waals surface area contributed by atoms with Gasteiger partial charge in [0.15, 0.2) is 0 Å². The van der Waals surface area contributed by atoms with E-state index in [9.17, 15) is 14.0 Å². The highest BCUT2D eigenvalue weighted by atomic mass is 19.1. The van der Waals surface area contributed by atoms with Crippen LogP contribution in [0.25, 0.3) is 16.9 Å². The lowest BCUT2D eigenvalue weighted by atomic mass is 10.0. The van der Waals surface area contributed by atoms with Crippen LogP contribution in [0.2, 0.25) is 0 Å². The summed E-state index contributed by atoms with van der Waals surface area (Å²) in [5, 5.41) is 13.2. The maximum Gasteiger partial charge on any atom is 0.255 e. The standard InChI is InChI=1S/C21H17FN6O2/c1-12-26-27-21-23-10-16(11-28(12)21)14-6-15(8-17(22)7-14)20(30)25-19-5-3-4-18(9-19)24-13(2)29/h3-11H,1-2H3,(H,24,29)(H,25,30). The van der Waals surface area contributed by atoms with Gasteiger partial charge >= 0.3 is 0 Å². The van der Waals surface area contributed by atoms with Crippen molar-refractivity contribution in [1.82, 2.24) is 19.6 Å². The number of fused-ring (bicyclic) bond motifs is 1. The highest BCUT2D eigenvalue weighted by Gasteiger charge is 2.12. The van der Waals surface area contributed by atoms with Crippen molar-refractivity contribution >= 4 is 29.0 Å². The molecule has 0 unspecified atom stereocenters. The van der Waals surface area contributed by atoms with E-state index in [1.807, 2.05) is 0 Å². The van der Waals surface area contributed by atoms with Crippen LogP contribution in [0.15, 0.2) is 54.9 Å². The number of rotatable bonds is 4. The average Bonchev–Trinajstić information content (AvgIpc) is 3.07. The second kappa shape index (κ2) is 7.70. The molecule has 0 radical (unpaired) electrons. The molecular weight excluding hydrogens is 387 g/mol. The summed E-state index contributed by atoms with van der Waals surface area (Å²) in [6, 6.07) is 10.8. The Morgan fingerprint density at radius 2 is 1.77 bits per heavy atom. The van der Waals surface area contributed by atoms with Gasteiger partial charge < -0.3 is 10.6 Å². The number of nitrogens with one attached hydrogen (secondary N) is 2. The summed E-state index contributed by atoms with van der Waals surface area (Å²) >= 11 is 0. The smallest absolute Gasteiger partial charge is 0.255 e. The Morgan fingerprint density at radius 1 is 1.00 bits per heavy atom. The number of hydrogen-bond donors (Lipinski definition) is 2. The maximum absolute atomic E-state index is 14.3. The van der Waals surface area contributed by atoms with Crippen LogP contribution in [0.5, 0.6) is 0 Å². The summed E-state index contributed by atoms with van der Waals surface area (Å²) in [5.74, 6) is -0.171. The summed E-state index contributed by atoms with van der Waals surface area (Å²) in [5.41, 5.74) is 2.28. The fraction of sp³-hybridized carbons (Fsp3) is 0.0952. The molecule has 0 saturated carbocycles. The van der Waals surface area contributed by atoms with E-state index in [0.29, 0.717) is 34.1 Å². The molecule has 2 heterocycles. The van der Waals surface area contributed by atoms with Gasteiger partial charge in [0, 0.05) is 41.8 Å². The van der Waals surface area contributed by atoms with Gasteiger partial charge in [-0.05, 0) is 48.9 Å². The van der Waals surface area contributed by atoms with Crippen LogP contribution >= 0.6 is 0 Å². The van der Waals surface area contributed by atoms with Crippen LogP contribution in [0.3, 0.4) is 0 Å². The normalized spacial score (nSPS) is 10.8. The first-order valence-corrected chi connectivity index (χ1v) is 9.06. The first kappa shape index (κ1) is 19.2. The van der Waals surface area contributed by atoms with Crippen molar-refractivity contribution in [3.63, 3.8) is 0 Å². The Labute approximate surface area is 170 Å². The summed E-state index contributed by atoms with van der Waals surface area (Å²) < 4.78 is 16.0. The van der Waals surface area contributed by atoms with Gasteiger partial charge in [-0.3, -0.25) is 14.0 Å². The molecule has 0 atom stereocenters. The van der Waals surface area contributed by atoms with Crippen LogP contribution in [-0.4, -0.2) is 31.4 Å². The van der Waals surface area contributed by atoms with E-state index in [1.165, 1.54) is 13.0 Å². The molecule has 0 saturated heterocycles. The summed E-state index contributed by atoms with van der Waals surface area (Å²) in [7, 11) is 0. The van der Waals surface area contributed by atoms with Gasteiger partial charge in [-0.1, -0.05) is 6.07 Å². The SMILES string of the molecule is CC(=O)Nc1cccc(NC(=O)c2cc(F)cc(-c3cnc4nnc(C)n4c3)c2)c1. The number of hydrogen-bond acceptors (Lipinski definition) is 5. The lowest BCUT2D eigenvalue weighted by Crippen LogP contribution is -2.13. The minimum atomic E-state index is -0.551. The molecule has 2 amide bonds. The minimum absolute atomic E-state index is 0.149. The molecule has 4 rings (SSSR count). The quantitative estimate of drug-likeness (QED) is 0.543. The van der Waals surface area contributed by atoms with E-state index in [4.69, 9.17) is 0 Å². The van der Waals surface area contributed by atoms with Gasteiger partial charge in [-0.25, -0.2) is 9.37 Å². The predicted octanol–water partition coefficient (Wildman–Crippen LogP) is 3.45. The second-order valence-corrected chi connectivity index (χ2v) is 6.70. The topological polar surface area (TPSA) is 101 Å². The predicted molar refractivity (Wildman–Crippen MR) is 110 cm³/mol. The second-order valence-electron chi connectivity index (χ2n) is 6.70. The van der Waals surface area contributed by atoms with E-state index in [0.717, 1.165) is 6.07 Å². The number of benzene rings is 2. The van der Waals surface area contributed by atoms with Gasteiger partial charge in [0.05, 0.1) is 0 Å². The van der Waals surface area contributed by atoms with Crippen LogP contribution in [-0.2, 0) is 4.79 Å². The van der Waals surface area contributed by atoms with Crippen molar-refractivity contribution in [3.05, 3.63) is 72.1 Å². The highest BCUT2D eigenvalue weighted by molar-refractivity contribution is 6.05. The maximum atomic E-state index is 14.3. The van der Waals surface area contributed by atoms with E-state index in [2.05, 4.69) is 25.8 Å².